The molecule has 28 heavy (non-hydrogen) atoms. The fourth-order valence-corrected chi connectivity index (χ4v) is 3.49. The molecule has 3 rings (SSSR count). The van der Waals surface area contributed by atoms with Crippen molar-refractivity contribution in [3.63, 3.8) is 0 Å². The van der Waals surface area contributed by atoms with Crippen LogP contribution in [0, 0.1) is 12.3 Å². The lowest BCUT2D eigenvalue weighted by Gasteiger charge is -2.10. The number of aromatic nitrogens is 2. The maximum absolute atomic E-state index is 13.0. The highest BCUT2D eigenvalue weighted by atomic mass is 32.2. The third-order valence-corrected chi connectivity index (χ3v) is 4.92. The average Bonchev–Trinajstić information content (AvgIpc) is 3.01. The number of terminal acetylenes is 1. The second-order valence-corrected chi connectivity index (χ2v) is 6.88. The van der Waals surface area contributed by atoms with E-state index in [4.69, 9.17) is 6.42 Å². The fourth-order valence-electron chi connectivity index (χ4n) is 2.64. The SMILES string of the molecule is C#CCNC(=O)CSc1nc2cc(C(F)(F)F)ccc2n1Cc1ccccc1. The zero-order valence-electron chi connectivity index (χ0n) is 14.7. The van der Waals surface area contributed by atoms with E-state index in [2.05, 4.69) is 16.2 Å². The minimum Gasteiger partial charge on any atom is -0.344 e. The molecule has 1 N–H and O–H groups in total. The minimum absolute atomic E-state index is 0.0614. The van der Waals surface area contributed by atoms with Crippen molar-refractivity contribution in [2.75, 3.05) is 12.3 Å². The number of hydrogen-bond acceptors (Lipinski definition) is 3. The Morgan fingerprint density at radius 3 is 2.64 bits per heavy atom. The van der Waals surface area contributed by atoms with Gasteiger partial charge in [0.15, 0.2) is 5.16 Å². The van der Waals surface area contributed by atoms with Gasteiger partial charge in [0.05, 0.1) is 35.4 Å². The molecular weight excluding hydrogens is 387 g/mol. The van der Waals surface area contributed by atoms with E-state index in [1.54, 1.807) is 0 Å². The van der Waals surface area contributed by atoms with Crippen molar-refractivity contribution < 1.29 is 18.0 Å². The molecule has 0 aliphatic rings. The summed E-state index contributed by atoms with van der Waals surface area (Å²) in [4.78, 5) is 16.2. The molecule has 0 radical (unpaired) electrons. The van der Waals surface area contributed by atoms with Crippen LogP contribution in [0.25, 0.3) is 11.0 Å². The first-order chi connectivity index (χ1) is 13.4. The van der Waals surface area contributed by atoms with Gasteiger partial charge in [-0.2, -0.15) is 13.2 Å². The molecule has 0 aliphatic heterocycles. The van der Waals surface area contributed by atoms with Gasteiger partial charge in [-0.1, -0.05) is 48.0 Å². The molecule has 0 aliphatic carbocycles. The van der Waals surface area contributed by atoms with Crippen LogP contribution in [0.3, 0.4) is 0 Å². The number of benzene rings is 2. The van der Waals surface area contributed by atoms with Gasteiger partial charge in [-0.25, -0.2) is 4.98 Å². The summed E-state index contributed by atoms with van der Waals surface area (Å²) in [5.74, 6) is 2.11. The van der Waals surface area contributed by atoms with E-state index in [0.717, 1.165) is 29.5 Å². The first kappa shape index (κ1) is 19.8. The van der Waals surface area contributed by atoms with Crippen LogP contribution in [0.2, 0.25) is 0 Å². The van der Waals surface area contributed by atoms with Crippen molar-refractivity contribution in [1.29, 1.82) is 0 Å². The summed E-state index contributed by atoms with van der Waals surface area (Å²) >= 11 is 1.15. The van der Waals surface area contributed by atoms with Crippen LogP contribution in [0.15, 0.2) is 53.7 Å². The summed E-state index contributed by atoms with van der Waals surface area (Å²) in [6.45, 7) is 0.547. The van der Waals surface area contributed by atoms with Crippen LogP contribution < -0.4 is 5.32 Å². The normalized spacial score (nSPS) is 11.4. The lowest BCUT2D eigenvalue weighted by atomic mass is 10.2. The molecule has 0 spiro atoms. The van der Waals surface area contributed by atoms with Gasteiger partial charge in [0.2, 0.25) is 5.91 Å². The molecule has 8 heteroatoms. The van der Waals surface area contributed by atoms with Gasteiger partial charge in [0.25, 0.3) is 0 Å². The summed E-state index contributed by atoms with van der Waals surface area (Å²) in [6, 6.07) is 13.0. The molecule has 0 unspecified atom stereocenters. The molecule has 4 nitrogen and oxygen atoms in total. The number of carbonyl (C=O) groups is 1. The Morgan fingerprint density at radius 2 is 1.96 bits per heavy atom. The number of alkyl halides is 3. The van der Waals surface area contributed by atoms with E-state index in [9.17, 15) is 18.0 Å². The number of amides is 1. The van der Waals surface area contributed by atoms with Gasteiger partial charge in [0, 0.05) is 0 Å². The number of fused-ring (bicyclic) bond motifs is 1. The standard InChI is InChI=1S/C20H16F3N3OS/c1-2-10-24-18(27)13-28-19-25-16-11-15(20(21,22)23)8-9-17(16)26(19)12-14-6-4-3-5-7-14/h1,3-9,11H,10,12-13H2,(H,24,27). The van der Waals surface area contributed by atoms with Gasteiger partial charge in [-0.15, -0.1) is 6.42 Å². The Bertz CT molecular complexity index is 1020. The first-order valence-corrected chi connectivity index (χ1v) is 9.31. The van der Waals surface area contributed by atoms with Crippen molar-refractivity contribution in [3.05, 3.63) is 59.7 Å². The van der Waals surface area contributed by atoms with E-state index in [-0.39, 0.29) is 23.7 Å². The maximum atomic E-state index is 13.0. The van der Waals surface area contributed by atoms with Gasteiger partial charge >= 0.3 is 6.18 Å². The second-order valence-electron chi connectivity index (χ2n) is 5.94. The van der Waals surface area contributed by atoms with Gasteiger partial charge in [0.1, 0.15) is 0 Å². The van der Waals surface area contributed by atoms with Crippen LogP contribution in [0.1, 0.15) is 11.1 Å². The Balaban J connectivity index is 1.95. The third kappa shape index (κ3) is 4.67. The minimum atomic E-state index is -4.44. The fraction of sp³-hybridized carbons (Fsp3) is 0.200. The molecule has 0 bridgehead atoms. The van der Waals surface area contributed by atoms with Crippen LogP contribution in [0.4, 0.5) is 13.2 Å². The highest BCUT2D eigenvalue weighted by Crippen LogP contribution is 2.33. The summed E-state index contributed by atoms with van der Waals surface area (Å²) < 4.78 is 40.9. The number of carbonyl (C=O) groups excluding carboxylic acids is 1. The van der Waals surface area contributed by atoms with Crippen molar-refractivity contribution in [2.45, 2.75) is 17.9 Å². The average molecular weight is 403 g/mol. The topological polar surface area (TPSA) is 46.9 Å². The molecule has 2 aromatic carbocycles. The smallest absolute Gasteiger partial charge is 0.344 e. The monoisotopic (exact) mass is 403 g/mol. The quantitative estimate of drug-likeness (QED) is 0.501. The second kappa shape index (κ2) is 8.40. The van der Waals surface area contributed by atoms with Crippen LogP contribution >= 0.6 is 11.8 Å². The van der Waals surface area contributed by atoms with Crippen molar-refractivity contribution in [2.24, 2.45) is 0 Å². The number of halogens is 3. The number of nitrogens with zero attached hydrogens (tertiary/aromatic N) is 2. The van der Waals surface area contributed by atoms with Crippen molar-refractivity contribution >= 4 is 28.7 Å². The molecule has 1 aromatic heterocycles. The van der Waals surface area contributed by atoms with E-state index >= 15 is 0 Å². The zero-order valence-corrected chi connectivity index (χ0v) is 15.5. The Hall–Kier alpha value is -2.92. The van der Waals surface area contributed by atoms with Crippen molar-refractivity contribution in [3.8, 4) is 12.3 Å². The predicted octanol–water partition coefficient (Wildman–Crippen LogP) is 3.94. The molecule has 0 atom stereocenters. The summed E-state index contributed by atoms with van der Waals surface area (Å²) in [5, 5.41) is 3.02. The predicted molar refractivity (Wildman–Crippen MR) is 103 cm³/mol. The highest BCUT2D eigenvalue weighted by Gasteiger charge is 2.31. The lowest BCUT2D eigenvalue weighted by Crippen LogP contribution is -2.25. The Morgan fingerprint density at radius 1 is 1.21 bits per heavy atom. The number of nitrogens with one attached hydrogen (secondary N) is 1. The molecule has 1 heterocycles. The van der Waals surface area contributed by atoms with Crippen LogP contribution in [-0.4, -0.2) is 27.8 Å². The molecular formula is C20H16F3N3OS. The summed E-state index contributed by atoms with van der Waals surface area (Å²) in [7, 11) is 0. The van der Waals surface area contributed by atoms with Gasteiger partial charge in [-0.3, -0.25) is 4.79 Å². The molecule has 1 amide bonds. The molecule has 0 fully saturated rings. The molecule has 0 saturated heterocycles. The lowest BCUT2D eigenvalue weighted by molar-refractivity contribution is -0.137. The van der Waals surface area contributed by atoms with Gasteiger partial charge in [-0.05, 0) is 23.8 Å². The van der Waals surface area contributed by atoms with E-state index < -0.39 is 11.7 Å². The van der Waals surface area contributed by atoms with E-state index in [1.165, 1.54) is 6.07 Å². The number of thioether (sulfide) groups is 1. The summed E-state index contributed by atoms with van der Waals surface area (Å²) in [5.41, 5.74) is 1.02. The van der Waals surface area contributed by atoms with Gasteiger partial charge < -0.3 is 9.88 Å². The largest absolute Gasteiger partial charge is 0.416 e. The maximum Gasteiger partial charge on any atom is 0.416 e. The van der Waals surface area contributed by atoms with Crippen LogP contribution in [-0.2, 0) is 17.5 Å². The molecule has 144 valence electrons. The van der Waals surface area contributed by atoms with Crippen LogP contribution in [0.5, 0.6) is 0 Å². The molecule has 0 saturated carbocycles. The first-order valence-electron chi connectivity index (χ1n) is 8.33. The third-order valence-electron chi connectivity index (χ3n) is 3.94. The van der Waals surface area contributed by atoms with Crippen molar-refractivity contribution in [1.82, 2.24) is 14.9 Å². The Labute approximate surface area is 164 Å². The number of imidazole rings is 1. The van der Waals surface area contributed by atoms with E-state index in [1.807, 2.05) is 34.9 Å². The zero-order chi connectivity index (χ0) is 20.1. The molecule has 3 aromatic rings. The Kier molecular flexibility index (Phi) is 5.95. The summed E-state index contributed by atoms with van der Waals surface area (Å²) in [6.07, 6.45) is 0.670. The highest BCUT2D eigenvalue weighted by molar-refractivity contribution is 7.99. The number of rotatable bonds is 6. The number of hydrogen-bond donors (Lipinski definition) is 1. The van der Waals surface area contributed by atoms with E-state index in [0.29, 0.717) is 17.2 Å².